The number of halogens is 3. The smallest absolute Gasteiger partial charge is 0.465 e. The molecule has 0 unspecified atom stereocenters. The molecule has 0 aromatic carbocycles. The Balaban J connectivity index is 2.38. The molecule has 2 rings (SSSR count). The zero-order valence-corrected chi connectivity index (χ0v) is 11.2. The van der Waals surface area contributed by atoms with Crippen molar-refractivity contribution < 1.29 is 32.7 Å². The summed E-state index contributed by atoms with van der Waals surface area (Å²) in [6.07, 6.45) is -4.21. The third-order valence-corrected chi connectivity index (χ3v) is 4.04. The molecular formula is C12H15F3N2O4. The normalized spacial score (nSPS) is 22.5. The van der Waals surface area contributed by atoms with E-state index in [-0.39, 0.29) is 24.3 Å². The second-order valence-electron chi connectivity index (χ2n) is 5.46. The van der Waals surface area contributed by atoms with Crippen molar-refractivity contribution in [1.82, 2.24) is 9.80 Å². The molecule has 0 atom stereocenters. The summed E-state index contributed by atoms with van der Waals surface area (Å²) in [5.74, 6) is -3.30. The standard InChI is InChI=1S/C12H15F3N2O4/c13-12(14,15)9(19)17-8(18)6-16(10(20)21)7-11(17)4-2-1-3-5-11/h1-7H2,(H,20,21). The van der Waals surface area contributed by atoms with E-state index in [2.05, 4.69) is 0 Å². The van der Waals surface area contributed by atoms with Gasteiger partial charge in [0.05, 0.1) is 5.54 Å². The van der Waals surface area contributed by atoms with Crippen LogP contribution >= 0.6 is 0 Å². The second kappa shape index (κ2) is 5.19. The SMILES string of the molecule is O=C(O)N1CC(=O)N(C(=O)C(F)(F)F)C2(CCCCC2)C1. The van der Waals surface area contributed by atoms with Crippen LogP contribution in [0.2, 0.25) is 0 Å². The number of carboxylic acid groups (broad SMARTS) is 1. The van der Waals surface area contributed by atoms with Crippen LogP contribution in [0.3, 0.4) is 0 Å². The molecule has 2 aliphatic rings. The van der Waals surface area contributed by atoms with Gasteiger partial charge in [0.25, 0.3) is 0 Å². The highest BCUT2D eigenvalue weighted by molar-refractivity contribution is 6.01. The van der Waals surface area contributed by atoms with Gasteiger partial charge in [0.2, 0.25) is 5.91 Å². The van der Waals surface area contributed by atoms with Crippen LogP contribution in [0.5, 0.6) is 0 Å². The van der Waals surface area contributed by atoms with Crippen molar-refractivity contribution in [3.8, 4) is 0 Å². The van der Waals surface area contributed by atoms with Gasteiger partial charge in [-0.25, -0.2) is 4.79 Å². The van der Waals surface area contributed by atoms with Crippen LogP contribution in [-0.4, -0.2) is 57.6 Å². The molecule has 9 heteroatoms. The minimum atomic E-state index is -5.15. The number of alkyl halides is 3. The zero-order chi connectivity index (χ0) is 15.8. The Hall–Kier alpha value is -1.80. The zero-order valence-electron chi connectivity index (χ0n) is 11.2. The maximum atomic E-state index is 12.7. The fourth-order valence-corrected chi connectivity index (χ4v) is 3.16. The molecule has 1 aliphatic heterocycles. The lowest BCUT2D eigenvalue weighted by atomic mass is 9.78. The molecule has 1 heterocycles. The third kappa shape index (κ3) is 2.81. The fraction of sp³-hybridized carbons (Fsp3) is 0.750. The molecule has 0 aromatic rings. The first-order chi connectivity index (χ1) is 9.67. The Labute approximate surface area is 118 Å². The van der Waals surface area contributed by atoms with E-state index in [1.165, 1.54) is 0 Å². The number of hydrogen-bond donors (Lipinski definition) is 1. The highest BCUT2D eigenvalue weighted by Gasteiger charge is 2.56. The van der Waals surface area contributed by atoms with Crippen molar-refractivity contribution in [3.63, 3.8) is 0 Å². The van der Waals surface area contributed by atoms with Crippen LogP contribution in [0.1, 0.15) is 32.1 Å². The van der Waals surface area contributed by atoms with Gasteiger partial charge in [0.1, 0.15) is 6.54 Å². The van der Waals surface area contributed by atoms with E-state index in [0.29, 0.717) is 12.8 Å². The monoisotopic (exact) mass is 308 g/mol. The number of nitrogens with zero attached hydrogens (tertiary/aromatic N) is 2. The van der Waals surface area contributed by atoms with Gasteiger partial charge in [0.15, 0.2) is 0 Å². The molecule has 1 saturated heterocycles. The van der Waals surface area contributed by atoms with E-state index < -0.39 is 36.2 Å². The van der Waals surface area contributed by atoms with E-state index in [0.717, 1.165) is 11.3 Å². The van der Waals surface area contributed by atoms with Gasteiger partial charge in [-0.2, -0.15) is 13.2 Å². The number of carbonyl (C=O) groups is 3. The predicted octanol–water partition coefficient (Wildman–Crippen LogP) is 1.60. The van der Waals surface area contributed by atoms with E-state index in [9.17, 15) is 27.6 Å². The van der Waals surface area contributed by atoms with Gasteiger partial charge in [0, 0.05) is 6.54 Å². The maximum absolute atomic E-state index is 12.7. The molecule has 0 radical (unpaired) electrons. The lowest BCUT2D eigenvalue weighted by molar-refractivity contribution is -0.199. The molecule has 6 nitrogen and oxygen atoms in total. The summed E-state index contributed by atoms with van der Waals surface area (Å²) in [4.78, 5) is 35.7. The predicted molar refractivity (Wildman–Crippen MR) is 63.3 cm³/mol. The highest BCUT2D eigenvalue weighted by Crippen LogP contribution is 2.39. The fourth-order valence-electron chi connectivity index (χ4n) is 3.16. The van der Waals surface area contributed by atoms with Crippen LogP contribution in [0.15, 0.2) is 0 Å². The molecule has 21 heavy (non-hydrogen) atoms. The van der Waals surface area contributed by atoms with Crippen molar-refractivity contribution in [2.75, 3.05) is 13.1 Å². The van der Waals surface area contributed by atoms with E-state index in [1.807, 2.05) is 0 Å². The summed E-state index contributed by atoms with van der Waals surface area (Å²) >= 11 is 0. The van der Waals surface area contributed by atoms with Gasteiger partial charge in [-0.05, 0) is 12.8 Å². The second-order valence-corrected chi connectivity index (χ2v) is 5.46. The van der Waals surface area contributed by atoms with Gasteiger partial charge < -0.3 is 5.11 Å². The first-order valence-corrected chi connectivity index (χ1v) is 6.59. The number of hydrogen-bond acceptors (Lipinski definition) is 3. The Bertz CT molecular complexity index is 472. The van der Waals surface area contributed by atoms with Crippen LogP contribution in [-0.2, 0) is 9.59 Å². The van der Waals surface area contributed by atoms with Gasteiger partial charge in [-0.3, -0.25) is 19.4 Å². The quantitative estimate of drug-likeness (QED) is 0.737. The number of rotatable bonds is 0. The summed E-state index contributed by atoms with van der Waals surface area (Å²) in [6.45, 7) is -0.977. The Morgan fingerprint density at radius 2 is 1.71 bits per heavy atom. The highest BCUT2D eigenvalue weighted by atomic mass is 19.4. The summed E-state index contributed by atoms with van der Waals surface area (Å²) in [6, 6.07) is 0. The van der Waals surface area contributed by atoms with Crippen LogP contribution in [0.25, 0.3) is 0 Å². The molecule has 1 spiro atoms. The van der Waals surface area contributed by atoms with Crippen molar-refractivity contribution in [2.24, 2.45) is 0 Å². The molecule has 1 saturated carbocycles. The maximum Gasteiger partial charge on any atom is 0.471 e. The molecule has 0 bridgehead atoms. The number of amides is 3. The summed E-state index contributed by atoms with van der Waals surface area (Å²) in [5, 5.41) is 9.00. The van der Waals surface area contributed by atoms with Gasteiger partial charge in [-0.15, -0.1) is 0 Å². The summed E-state index contributed by atoms with van der Waals surface area (Å²) in [7, 11) is 0. The molecular weight excluding hydrogens is 293 g/mol. The molecule has 0 aromatic heterocycles. The molecule has 1 N–H and O–H groups in total. The lowest BCUT2D eigenvalue weighted by Crippen LogP contribution is -2.69. The van der Waals surface area contributed by atoms with Crippen molar-refractivity contribution >= 4 is 17.9 Å². The van der Waals surface area contributed by atoms with Crippen molar-refractivity contribution in [1.29, 1.82) is 0 Å². The first kappa shape index (κ1) is 15.6. The average molecular weight is 308 g/mol. The van der Waals surface area contributed by atoms with Crippen LogP contribution < -0.4 is 0 Å². The van der Waals surface area contributed by atoms with Crippen molar-refractivity contribution in [3.05, 3.63) is 0 Å². The van der Waals surface area contributed by atoms with Crippen molar-refractivity contribution in [2.45, 2.75) is 43.8 Å². The molecule has 3 amide bonds. The Morgan fingerprint density at radius 1 is 1.14 bits per heavy atom. The van der Waals surface area contributed by atoms with Crippen LogP contribution in [0.4, 0.5) is 18.0 Å². The number of piperazine rings is 1. The molecule has 118 valence electrons. The molecule has 1 aliphatic carbocycles. The Morgan fingerprint density at radius 3 is 2.19 bits per heavy atom. The minimum Gasteiger partial charge on any atom is -0.465 e. The Kier molecular flexibility index (Phi) is 3.85. The number of carbonyl (C=O) groups excluding carboxylic acids is 2. The van der Waals surface area contributed by atoms with E-state index >= 15 is 0 Å². The lowest BCUT2D eigenvalue weighted by Gasteiger charge is -2.50. The number of imide groups is 1. The van der Waals surface area contributed by atoms with Gasteiger partial charge >= 0.3 is 18.2 Å². The minimum absolute atomic E-state index is 0.199. The van der Waals surface area contributed by atoms with E-state index in [1.54, 1.807) is 0 Å². The topological polar surface area (TPSA) is 77.9 Å². The summed E-state index contributed by atoms with van der Waals surface area (Å²) in [5.41, 5.74) is -1.36. The first-order valence-electron chi connectivity index (χ1n) is 6.59. The molecule has 2 fully saturated rings. The third-order valence-electron chi connectivity index (χ3n) is 4.04. The van der Waals surface area contributed by atoms with E-state index in [4.69, 9.17) is 5.11 Å². The largest absolute Gasteiger partial charge is 0.471 e. The van der Waals surface area contributed by atoms with Gasteiger partial charge in [-0.1, -0.05) is 19.3 Å². The average Bonchev–Trinajstić information content (AvgIpc) is 2.37. The summed E-state index contributed by atoms with van der Waals surface area (Å²) < 4.78 is 38.2. The van der Waals surface area contributed by atoms with Crippen LogP contribution in [0, 0.1) is 0 Å².